The first-order chi connectivity index (χ1) is 30.8. The van der Waals surface area contributed by atoms with Gasteiger partial charge in [-0.1, -0.05) is 63.3 Å². The molecule has 1 aliphatic heterocycles. The number of carbonyl (C=O) groups is 5. The van der Waals surface area contributed by atoms with Gasteiger partial charge in [-0.05, 0) is 92.2 Å². The molecular formula is C46H67BN8O9. The van der Waals surface area contributed by atoms with Crippen LogP contribution in [-0.4, -0.2) is 116 Å². The third-order valence-electron chi connectivity index (χ3n) is 11.0. The van der Waals surface area contributed by atoms with Gasteiger partial charge in [0.05, 0.1) is 6.44 Å². The van der Waals surface area contributed by atoms with Gasteiger partial charge in [-0.2, -0.15) is 0 Å². The number of unbranched alkanes of at least 4 members (excludes halogenated alkanes) is 5. The van der Waals surface area contributed by atoms with Crippen molar-refractivity contribution >= 4 is 36.7 Å². The van der Waals surface area contributed by atoms with E-state index in [0.29, 0.717) is 45.7 Å². The van der Waals surface area contributed by atoms with Crippen molar-refractivity contribution < 1.29 is 43.5 Å². The molecule has 17 nitrogen and oxygen atoms in total. The van der Waals surface area contributed by atoms with E-state index in [2.05, 4.69) is 28.2 Å². The van der Waals surface area contributed by atoms with Gasteiger partial charge in [0.15, 0.2) is 0 Å². The third-order valence-corrected chi connectivity index (χ3v) is 11.0. The number of nitrogens with two attached hydrogens (primary N) is 3. The second-order valence-corrected chi connectivity index (χ2v) is 16.1. The minimum atomic E-state index is -1.84. The third kappa shape index (κ3) is 15.0. The number of aryl methyl sites for hydroxylation is 1. The Balaban J connectivity index is 1.76. The van der Waals surface area contributed by atoms with Crippen LogP contribution in [0.5, 0.6) is 11.5 Å². The highest BCUT2D eigenvalue weighted by molar-refractivity contribution is 6.41. The molecule has 0 aromatic heterocycles. The molecule has 3 aromatic carbocycles. The van der Waals surface area contributed by atoms with Gasteiger partial charge >= 0.3 is 7.12 Å². The minimum absolute atomic E-state index is 0.0400. The number of carbonyl (C=O) groups excluding carboxylic acids is 5. The Morgan fingerprint density at radius 1 is 0.828 bits per heavy atom. The normalized spacial score (nSPS) is 16.7. The maximum absolute atomic E-state index is 14.7. The van der Waals surface area contributed by atoms with Crippen LogP contribution < -0.4 is 47.9 Å². The van der Waals surface area contributed by atoms with Crippen molar-refractivity contribution in [2.24, 2.45) is 17.2 Å². The lowest BCUT2D eigenvalue weighted by Gasteiger charge is -2.32. The van der Waals surface area contributed by atoms with Gasteiger partial charge in [0, 0.05) is 43.2 Å². The van der Waals surface area contributed by atoms with E-state index in [1.165, 1.54) is 44.6 Å². The summed E-state index contributed by atoms with van der Waals surface area (Å²) in [7, 11) is -0.392. The Bertz CT molecular complexity index is 2000. The molecule has 0 fully saturated rings. The van der Waals surface area contributed by atoms with E-state index < -0.39 is 67.3 Å². The summed E-state index contributed by atoms with van der Waals surface area (Å²) >= 11 is 0. The van der Waals surface area contributed by atoms with Gasteiger partial charge in [0.25, 0.3) is 5.91 Å². The summed E-state index contributed by atoms with van der Waals surface area (Å²) in [6, 6.07) is 12.6. The van der Waals surface area contributed by atoms with Crippen molar-refractivity contribution in [3.8, 4) is 22.6 Å². The zero-order chi connectivity index (χ0) is 46.6. The zero-order valence-corrected chi connectivity index (χ0v) is 37.4. The molecule has 348 valence electrons. The maximum Gasteiger partial charge on any atom is 0.472 e. The van der Waals surface area contributed by atoms with Crippen molar-refractivity contribution in [1.29, 1.82) is 0 Å². The monoisotopic (exact) mass is 887 g/mol. The van der Waals surface area contributed by atoms with Gasteiger partial charge < -0.3 is 62.9 Å². The number of fused-ring (bicyclic) bond motifs is 5. The fourth-order valence-electron chi connectivity index (χ4n) is 7.52. The number of rotatable bonds is 23. The van der Waals surface area contributed by atoms with Crippen molar-refractivity contribution in [3.05, 3.63) is 82.9 Å². The fraction of sp³-hybridized carbons (Fsp3) is 0.500. The molecule has 0 saturated heterocycles. The van der Waals surface area contributed by atoms with E-state index in [-0.39, 0.29) is 45.7 Å². The summed E-state index contributed by atoms with van der Waals surface area (Å²) in [4.78, 5) is 71.3. The quantitative estimate of drug-likeness (QED) is 0.0486. The van der Waals surface area contributed by atoms with Gasteiger partial charge in [-0.25, -0.2) is 0 Å². The molecule has 0 spiro atoms. The average molecular weight is 887 g/mol. The maximum atomic E-state index is 14.7. The van der Waals surface area contributed by atoms with Crippen LogP contribution in [-0.2, 0) is 32.0 Å². The molecule has 1 aliphatic rings. The number of nitrogens with one attached hydrogen (secondary N) is 4. The smallest absolute Gasteiger partial charge is 0.472 e. The van der Waals surface area contributed by atoms with Gasteiger partial charge in [0.1, 0.15) is 48.9 Å². The summed E-state index contributed by atoms with van der Waals surface area (Å²) in [6.45, 7) is 4.55. The topological polar surface area (TPSA) is 274 Å². The Morgan fingerprint density at radius 3 is 2.11 bits per heavy atom. The number of benzene rings is 3. The van der Waals surface area contributed by atoms with E-state index in [1.807, 2.05) is 12.1 Å². The number of nitrogens with zero attached hydrogens (tertiary/aromatic N) is 1. The van der Waals surface area contributed by atoms with Gasteiger partial charge in [-0.15, -0.1) is 0 Å². The van der Waals surface area contributed by atoms with Crippen LogP contribution in [0.2, 0.25) is 0 Å². The molecule has 3 aromatic rings. The predicted octanol–water partition coefficient (Wildman–Crippen LogP) is 1.64. The van der Waals surface area contributed by atoms with Crippen molar-refractivity contribution in [1.82, 2.24) is 26.2 Å². The molecule has 12 N–H and O–H groups in total. The second kappa shape index (κ2) is 26.3. The molecule has 0 unspecified atom stereocenters. The van der Waals surface area contributed by atoms with Crippen molar-refractivity contribution in [2.75, 3.05) is 46.3 Å². The van der Waals surface area contributed by atoms with E-state index >= 15 is 0 Å². The molecule has 4 rings (SSSR count). The summed E-state index contributed by atoms with van der Waals surface area (Å²) in [5.41, 5.74) is 20.9. The summed E-state index contributed by atoms with van der Waals surface area (Å²) in [5, 5.41) is 29.6. The average Bonchev–Trinajstić information content (AvgIpc) is 3.28. The minimum Gasteiger partial charge on any atom is -0.492 e. The second-order valence-electron chi connectivity index (χ2n) is 16.1. The summed E-state index contributed by atoms with van der Waals surface area (Å²) < 4.78 is 12.2. The van der Waals surface area contributed by atoms with Crippen LogP contribution in [0.4, 0.5) is 0 Å². The molecule has 0 radical (unpaired) electrons. The van der Waals surface area contributed by atoms with Crippen molar-refractivity contribution in [3.63, 3.8) is 0 Å². The highest BCUT2D eigenvalue weighted by atomic mass is 16.5. The van der Waals surface area contributed by atoms with E-state index in [9.17, 15) is 34.0 Å². The van der Waals surface area contributed by atoms with E-state index in [4.69, 9.17) is 26.7 Å². The first kappa shape index (κ1) is 51.1. The number of hydrogen-bond donors (Lipinski definition) is 9. The summed E-state index contributed by atoms with van der Waals surface area (Å²) in [6.07, 6.45) is 8.02. The Labute approximate surface area is 376 Å². The highest BCUT2D eigenvalue weighted by Crippen LogP contribution is 2.40. The molecule has 5 amide bonds. The largest absolute Gasteiger partial charge is 0.492 e. The lowest BCUT2D eigenvalue weighted by atomic mass is 9.91. The molecular weight excluding hydrogens is 819 g/mol. The fourth-order valence-corrected chi connectivity index (χ4v) is 7.52. The SMILES string of the molecule is CCCCCCCCc1ccc(C(=O)N[C@@H](CCCN)C(=O)N(C)[C@@H]2C(=O)N[C@@H](C)C(=O)N[C@H](C(=O)NCB(O)O)Cc3ccc(OCCN)c(c3)-c3cc2ccc3OCCN)cc1. The Morgan fingerprint density at radius 2 is 1.47 bits per heavy atom. The number of amides is 5. The number of likely N-dealkylation sites (N-methyl/N-ethyl adjacent to an activating group) is 1. The molecule has 4 atom stereocenters. The first-order valence-electron chi connectivity index (χ1n) is 22.4. The van der Waals surface area contributed by atoms with Crippen LogP contribution in [0.3, 0.4) is 0 Å². The van der Waals surface area contributed by atoms with Crippen LogP contribution >= 0.6 is 0 Å². The molecule has 64 heavy (non-hydrogen) atoms. The first-order valence-corrected chi connectivity index (χ1v) is 22.4. The Kier molecular flexibility index (Phi) is 21.0. The van der Waals surface area contributed by atoms with Crippen molar-refractivity contribution in [2.45, 2.75) is 102 Å². The number of ether oxygens (including phenoxy) is 2. The van der Waals surface area contributed by atoms with Crippen LogP contribution in [0.15, 0.2) is 60.7 Å². The van der Waals surface area contributed by atoms with Gasteiger partial charge in [-0.3, -0.25) is 24.0 Å². The predicted molar refractivity (Wildman–Crippen MR) is 246 cm³/mol. The molecule has 0 saturated carbocycles. The van der Waals surface area contributed by atoms with E-state index in [0.717, 1.165) is 24.8 Å². The Hall–Kier alpha value is -5.53. The molecule has 1 heterocycles. The lowest BCUT2D eigenvalue weighted by Crippen LogP contribution is -2.56. The molecule has 0 aliphatic carbocycles. The number of hydrogen-bond acceptors (Lipinski definition) is 12. The zero-order valence-electron chi connectivity index (χ0n) is 37.4. The summed E-state index contributed by atoms with van der Waals surface area (Å²) in [5.74, 6) is -2.43. The molecule has 18 heteroatoms. The van der Waals surface area contributed by atoms with Crippen LogP contribution in [0.25, 0.3) is 11.1 Å². The highest BCUT2D eigenvalue weighted by Gasteiger charge is 2.36. The van der Waals surface area contributed by atoms with Crippen LogP contribution in [0, 0.1) is 0 Å². The van der Waals surface area contributed by atoms with Gasteiger partial charge in [0.2, 0.25) is 23.6 Å². The standard InChI is InChI=1S/C46H67BN8O9/c1-4-5-6-7-8-9-11-31-13-16-33(17-14-31)43(57)53-37(12-10-21-48)46(60)55(3)41-34-18-20-40(64-25-23-50)36(28-34)35-26-32(15-19-39(35)63-24-22-49)27-38(44(58)51-29-47(61)62)54-42(56)30(2)52-45(41)59/h13-20,26,28,30,37-38,41,61-62H,4-12,21-25,27,29,48-50H2,1-3H3,(H,51,58)(H,52,59)(H,53,57)(H,54,56)/t30-,37-,38-,41-/m0/s1. The van der Waals surface area contributed by atoms with E-state index in [1.54, 1.807) is 48.5 Å². The molecule has 4 bridgehead atoms. The lowest BCUT2D eigenvalue weighted by molar-refractivity contribution is -0.141. The van der Waals surface area contributed by atoms with Crippen LogP contribution in [0.1, 0.15) is 98.3 Å².